The van der Waals surface area contributed by atoms with Crippen molar-refractivity contribution >= 4 is 5.52 Å². The van der Waals surface area contributed by atoms with Crippen LogP contribution in [-0.4, -0.2) is 40.8 Å². The number of rotatable bonds is 5. The molecule has 4 heteroatoms. The van der Waals surface area contributed by atoms with E-state index in [0.29, 0.717) is 0 Å². The standard InChI is InChI=1S/C20H23N3O/c1-2-10-22(11-3-1)13-14-24-20-6-4-5-17(16-20)18-8-12-23-19(15-18)7-9-21-23/h4-9,12,15-16H,1-3,10-11,13-14H2. The van der Waals surface area contributed by atoms with Crippen LogP contribution in [0.4, 0.5) is 0 Å². The molecule has 1 fully saturated rings. The predicted molar refractivity (Wildman–Crippen MR) is 96.4 cm³/mol. The molecule has 3 aromatic rings. The summed E-state index contributed by atoms with van der Waals surface area (Å²) in [6, 6.07) is 14.6. The quantitative estimate of drug-likeness (QED) is 0.714. The van der Waals surface area contributed by atoms with Gasteiger partial charge in [-0.05, 0) is 67.4 Å². The van der Waals surface area contributed by atoms with Crippen LogP contribution in [0.25, 0.3) is 16.6 Å². The fourth-order valence-corrected chi connectivity index (χ4v) is 3.34. The van der Waals surface area contributed by atoms with Gasteiger partial charge in [-0.25, -0.2) is 4.52 Å². The third-order valence-corrected chi connectivity index (χ3v) is 4.69. The maximum absolute atomic E-state index is 5.98. The molecule has 24 heavy (non-hydrogen) atoms. The number of piperidine rings is 1. The molecule has 0 saturated carbocycles. The highest BCUT2D eigenvalue weighted by Crippen LogP contribution is 2.25. The van der Waals surface area contributed by atoms with E-state index in [0.717, 1.165) is 24.4 Å². The van der Waals surface area contributed by atoms with Gasteiger partial charge >= 0.3 is 0 Å². The van der Waals surface area contributed by atoms with Crippen LogP contribution in [-0.2, 0) is 0 Å². The number of hydrogen-bond donors (Lipinski definition) is 0. The van der Waals surface area contributed by atoms with Gasteiger partial charge in [0.15, 0.2) is 0 Å². The maximum Gasteiger partial charge on any atom is 0.119 e. The predicted octanol–water partition coefficient (Wildman–Crippen LogP) is 3.87. The summed E-state index contributed by atoms with van der Waals surface area (Å²) in [5, 5.41) is 4.24. The molecule has 1 aliphatic heterocycles. The Bertz CT molecular complexity index is 805. The Morgan fingerprint density at radius 3 is 2.75 bits per heavy atom. The Hall–Kier alpha value is -2.33. The van der Waals surface area contributed by atoms with Crippen LogP contribution in [0.1, 0.15) is 19.3 Å². The lowest BCUT2D eigenvalue weighted by molar-refractivity contribution is 0.183. The largest absolute Gasteiger partial charge is 0.492 e. The minimum absolute atomic E-state index is 0.755. The van der Waals surface area contributed by atoms with Crippen molar-refractivity contribution in [3.05, 3.63) is 54.9 Å². The number of hydrogen-bond acceptors (Lipinski definition) is 3. The highest BCUT2D eigenvalue weighted by Gasteiger charge is 2.09. The molecule has 3 heterocycles. The number of benzene rings is 1. The fourth-order valence-electron chi connectivity index (χ4n) is 3.34. The van der Waals surface area contributed by atoms with Gasteiger partial charge in [0.2, 0.25) is 0 Å². The summed E-state index contributed by atoms with van der Waals surface area (Å²) in [6.45, 7) is 4.21. The smallest absolute Gasteiger partial charge is 0.119 e. The van der Waals surface area contributed by atoms with Gasteiger partial charge in [0.05, 0.1) is 5.52 Å². The van der Waals surface area contributed by atoms with Gasteiger partial charge in [-0.1, -0.05) is 18.6 Å². The lowest BCUT2D eigenvalue weighted by Crippen LogP contribution is -2.33. The number of nitrogens with zero attached hydrogens (tertiary/aromatic N) is 3. The molecule has 0 aliphatic carbocycles. The third kappa shape index (κ3) is 3.44. The molecule has 0 bridgehead atoms. The number of likely N-dealkylation sites (tertiary alicyclic amines) is 1. The van der Waals surface area contributed by atoms with Crippen LogP contribution >= 0.6 is 0 Å². The van der Waals surface area contributed by atoms with Gasteiger partial charge in [-0.2, -0.15) is 5.10 Å². The van der Waals surface area contributed by atoms with Crippen LogP contribution in [0.15, 0.2) is 54.9 Å². The molecule has 1 saturated heterocycles. The third-order valence-electron chi connectivity index (χ3n) is 4.69. The Morgan fingerprint density at radius 1 is 0.958 bits per heavy atom. The summed E-state index contributed by atoms with van der Waals surface area (Å²) in [7, 11) is 0. The van der Waals surface area contributed by atoms with E-state index in [1.54, 1.807) is 0 Å². The first-order chi connectivity index (χ1) is 11.9. The molecule has 0 N–H and O–H groups in total. The average Bonchev–Trinajstić information content (AvgIpc) is 3.11. The van der Waals surface area contributed by atoms with Crippen molar-refractivity contribution in [3.8, 4) is 16.9 Å². The molecule has 0 spiro atoms. The molecule has 4 rings (SSSR count). The van der Waals surface area contributed by atoms with E-state index in [1.165, 1.54) is 43.5 Å². The van der Waals surface area contributed by atoms with E-state index in [2.05, 4.69) is 40.3 Å². The van der Waals surface area contributed by atoms with Crippen molar-refractivity contribution in [2.24, 2.45) is 0 Å². The summed E-state index contributed by atoms with van der Waals surface area (Å²) in [4.78, 5) is 2.50. The Morgan fingerprint density at radius 2 is 1.83 bits per heavy atom. The topological polar surface area (TPSA) is 29.8 Å². The number of ether oxygens (including phenoxy) is 1. The second kappa shape index (κ2) is 7.05. The van der Waals surface area contributed by atoms with Crippen LogP contribution < -0.4 is 4.74 Å². The van der Waals surface area contributed by atoms with Crippen LogP contribution in [0, 0.1) is 0 Å². The Labute approximate surface area is 142 Å². The second-order valence-corrected chi connectivity index (χ2v) is 6.39. The van der Waals surface area contributed by atoms with Crippen LogP contribution in [0.2, 0.25) is 0 Å². The lowest BCUT2D eigenvalue weighted by Gasteiger charge is -2.26. The highest BCUT2D eigenvalue weighted by atomic mass is 16.5. The molecule has 1 aromatic carbocycles. The van der Waals surface area contributed by atoms with E-state index in [-0.39, 0.29) is 0 Å². The normalized spacial score (nSPS) is 15.7. The molecule has 0 radical (unpaired) electrons. The summed E-state index contributed by atoms with van der Waals surface area (Å²) >= 11 is 0. The first kappa shape index (κ1) is 15.2. The molecule has 0 unspecified atom stereocenters. The van der Waals surface area contributed by atoms with Crippen molar-refractivity contribution in [3.63, 3.8) is 0 Å². The van der Waals surface area contributed by atoms with Crippen molar-refractivity contribution in [2.45, 2.75) is 19.3 Å². The van der Waals surface area contributed by atoms with Crippen molar-refractivity contribution < 1.29 is 4.74 Å². The first-order valence-corrected chi connectivity index (χ1v) is 8.77. The minimum Gasteiger partial charge on any atom is -0.492 e. The molecule has 1 aliphatic rings. The summed E-state index contributed by atoms with van der Waals surface area (Å²) in [5.74, 6) is 0.942. The monoisotopic (exact) mass is 321 g/mol. The molecule has 2 aromatic heterocycles. The Kier molecular flexibility index (Phi) is 4.47. The summed E-state index contributed by atoms with van der Waals surface area (Å²) in [6.07, 6.45) is 7.84. The molecule has 4 nitrogen and oxygen atoms in total. The van der Waals surface area contributed by atoms with Crippen molar-refractivity contribution in [2.75, 3.05) is 26.2 Å². The van der Waals surface area contributed by atoms with E-state index in [4.69, 9.17) is 4.74 Å². The number of aromatic nitrogens is 2. The van der Waals surface area contributed by atoms with Gasteiger partial charge < -0.3 is 4.74 Å². The van der Waals surface area contributed by atoms with Gasteiger partial charge in [-0.15, -0.1) is 0 Å². The maximum atomic E-state index is 5.98. The molecular formula is C20H23N3O. The van der Waals surface area contributed by atoms with E-state index < -0.39 is 0 Å². The Balaban J connectivity index is 1.42. The zero-order valence-electron chi connectivity index (χ0n) is 13.9. The molecule has 124 valence electrons. The first-order valence-electron chi connectivity index (χ1n) is 8.77. The van der Waals surface area contributed by atoms with Crippen LogP contribution in [0.5, 0.6) is 5.75 Å². The molecule has 0 amide bonds. The van der Waals surface area contributed by atoms with Gasteiger partial charge in [0.25, 0.3) is 0 Å². The van der Waals surface area contributed by atoms with E-state index >= 15 is 0 Å². The van der Waals surface area contributed by atoms with E-state index in [9.17, 15) is 0 Å². The zero-order valence-corrected chi connectivity index (χ0v) is 13.9. The summed E-state index contributed by atoms with van der Waals surface area (Å²) < 4.78 is 7.86. The average molecular weight is 321 g/mol. The molecular weight excluding hydrogens is 298 g/mol. The number of fused-ring (bicyclic) bond motifs is 1. The van der Waals surface area contributed by atoms with Gasteiger partial charge in [0.1, 0.15) is 12.4 Å². The van der Waals surface area contributed by atoms with Crippen molar-refractivity contribution in [1.82, 2.24) is 14.5 Å². The van der Waals surface area contributed by atoms with Crippen LogP contribution in [0.3, 0.4) is 0 Å². The van der Waals surface area contributed by atoms with E-state index in [1.807, 2.05) is 29.0 Å². The molecule has 0 atom stereocenters. The summed E-state index contributed by atoms with van der Waals surface area (Å²) in [5.41, 5.74) is 3.46. The van der Waals surface area contributed by atoms with Crippen molar-refractivity contribution in [1.29, 1.82) is 0 Å². The minimum atomic E-state index is 0.755. The highest BCUT2D eigenvalue weighted by molar-refractivity contribution is 5.69. The number of pyridine rings is 1. The fraction of sp³-hybridized carbons (Fsp3) is 0.350. The SMILES string of the molecule is c1cc(OCCN2CCCCC2)cc(-c2ccn3nccc3c2)c1. The van der Waals surface area contributed by atoms with Gasteiger partial charge in [-0.3, -0.25) is 4.90 Å². The van der Waals surface area contributed by atoms with Gasteiger partial charge in [0, 0.05) is 18.9 Å². The second-order valence-electron chi connectivity index (χ2n) is 6.39. The lowest BCUT2D eigenvalue weighted by atomic mass is 10.1. The zero-order chi connectivity index (χ0) is 16.2.